The molecule has 0 radical (unpaired) electrons. The topological polar surface area (TPSA) is 24.4 Å². The van der Waals surface area contributed by atoms with Gasteiger partial charge in [0.2, 0.25) is 0 Å². The summed E-state index contributed by atoms with van der Waals surface area (Å²) in [5, 5.41) is 6.03. The van der Waals surface area contributed by atoms with Crippen molar-refractivity contribution in [2.45, 2.75) is 24.6 Å². The molecule has 4 heteroatoms. The number of hydrogen-bond donors (Lipinski definition) is 1. The van der Waals surface area contributed by atoms with E-state index in [1.807, 2.05) is 36.0 Å². The summed E-state index contributed by atoms with van der Waals surface area (Å²) in [5.74, 6) is 0.929. The molecule has 0 spiro atoms. The van der Waals surface area contributed by atoms with Crippen LogP contribution in [-0.2, 0) is 6.54 Å². The van der Waals surface area contributed by atoms with Crippen molar-refractivity contribution in [1.82, 2.24) is 5.32 Å². The molecular weight excluding hydrogens is 252 g/mol. The molecule has 0 amide bonds. The van der Waals surface area contributed by atoms with Crippen molar-refractivity contribution in [3.8, 4) is 0 Å². The number of amidine groups is 1. The molecule has 90 valence electrons. The van der Waals surface area contributed by atoms with Crippen molar-refractivity contribution < 1.29 is 0 Å². The molecule has 0 bridgehead atoms. The van der Waals surface area contributed by atoms with E-state index in [0.717, 1.165) is 34.4 Å². The van der Waals surface area contributed by atoms with Crippen LogP contribution in [0.4, 0.5) is 0 Å². The number of nitrogens with one attached hydrogen (secondary N) is 1. The Bertz CT molecular complexity index is 426. The van der Waals surface area contributed by atoms with E-state index in [4.69, 9.17) is 11.6 Å². The van der Waals surface area contributed by atoms with Gasteiger partial charge in [-0.3, -0.25) is 4.99 Å². The van der Waals surface area contributed by atoms with Crippen LogP contribution in [0.1, 0.15) is 18.4 Å². The minimum atomic E-state index is 0.739. The zero-order valence-corrected chi connectivity index (χ0v) is 11.1. The Balaban J connectivity index is 1.49. The number of thioether (sulfide) groups is 1. The van der Waals surface area contributed by atoms with Gasteiger partial charge in [-0.05, 0) is 36.5 Å². The highest BCUT2D eigenvalue weighted by molar-refractivity contribution is 8.14. The van der Waals surface area contributed by atoms with Crippen molar-refractivity contribution >= 4 is 28.5 Å². The maximum atomic E-state index is 5.85. The molecule has 2 aliphatic rings. The monoisotopic (exact) mass is 266 g/mol. The molecule has 1 saturated carbocycles. The van der Waals surface area contributed by atoms with Gasteiger partial charge in [0.1, 0.15) is 0 Å². The van der Waals surface area contributed by atoms with Gasteiger partial charge in [-0.25, -0.2) is 0 Å². The Morgan fingerprint density at radius 2 is 2.06 bits per heavy atom. The van der Waals surface area contributed by atoms with Crippen LogP contribution >= 0.6 is 23.4 Å². The minimum absolute atomic E-state index is 0.739. The molecule has 2 nitrogen and oxygen atoms in total. The van der Waals surface area contributed by atoms with E-state index in [9.17, 15) is 0 Å². The third-order valence-electron chi connectivity index (χ3n) is 3.18. The lowest BCUT2D eigenvalue weighted by Gasteiger charge is -2.07. The van der Waals surface area contributed by atoms with Gasteiger partial charge in [0.15, 0.2) is 5.17 Å². The molecule has 1 aliphatic carbocycles. The highest BCUT2D eigenvalue weighted by Crippen LogP contribution is 2.41. The van der Waals surface area contributed by atoms with Crippen LogP contribution in [0.2, 0.25) is 5.02 Å². The number of rotatable bonds is 3. The van der Waals surface area contributed by atoms with Crippen molar-refractivity contribution in [3.05, 3.63) is 34.9 Å². The molecule has 1 heterocycles. The highest BCUT2D eigenvalue weighted by Gasteiger charge is 2.35. The van der Waals surface area contributed by atoms with Crippen LogP contribution in [0.25, 0.3) is 0 Å². The van der Waals surface area contributed by atoms with Gasteiger partial charge in [-0.15, -0.1) is 0 Å². The Hall–Kier alpha value is -0.670. The third kappa shape index (κ3) is 2.96. The predicted molar refractivity (Wildman–Crippen MR) is 74.7 cm³/mol. The summed E-state index contributed by atoms with van der Waals surface area (Å²) in [6.07, 6.45) is 2.80. The predicted octanol–water partition coefficient (Wildman–Crippen LogP) is 3.31. The largest absolute Gasteiger partial charge is 0.361 e. The van der Waals surface area contributed by atoms with Gasteiger partial charge in [-0.1, -0.05) is 35.5 Å². The summed E-state index contributed by atoms with van der Waals surface area (Å²) in [4.78, 5) is 4.55. The van der Waals surface area contributed by atoms with Crippen molar-refractivity contribution in [1.29, 1.82) is 0 Å². The lowest BCUT2D eigenvalue weighted by atomic mass is 10.2. The fourth-order valence-corrected chi connectivity index (χ4v) is 3.31. The van der Waals surface area contributed by atoms with Crippen LogP contribution in [0.15, 0.2) is 29.3 Å². The van der Waals surface area contributed by atoms with E-state index in [2.05, 4.69) is 10.3 Å². The molecule has 1 aliphatic heterocycles. The summed E-state index contributed by atoms with van der Waals surface area (Å²) in [7, 11) is 0. The van der Waals surface area contributed by atoms with E-state index in [0.29, 0.717) is 0 Å². The van der Waals surface area contributed by atoms with Crippen LogP contribution in [0.3, 0.4) is 0 Å². The smallest absolute Gasteiger partial charge is 0.157 e. The first-order valence-electron chi connectivity index (χ1n) is 6.01. The number of nitrogens with zero attached hydrogens (tertiary/aromatic N) is 1. The Kier molecular flexibility index (Phi) is 3.30. The molecule has 17 heavy (non-hydrogen) atoms. The molecule has 0 aromatic heterocycles. The molecule has 0 saturated heterocycles. The van der Waals surface area contributed by atoms with Crippen molar-refractivity contribution in [3.63, 3.8) is 0 Å². The summed E-state index contributed by atoms with van der Waals surface area (Å²) in [6.45, 7) is 1.83. The summed E-state index contributed by atoms with van der Waals surface area (Å²) < 4.78 is 0. The van der Waals surface area contributed by atoms with Crippen molar-refractivity contribution in [2.75, 3.05) is 6.54 Å². The zero-order chi connectivity index (χ0) is 11.7. The Morgan fingerprint density at radius 3 is 2.76 bits per heavy atom. The Labute approximate surface area is 111 Å². The average molecular weight is 267 g/mol. The van der Waals surface area contributed by atoms with Gasteiger partial charge in [0, 0.05) is 16.8 Å². The van der Waals surface area contributed by atoms with E-state index in [1.165, 1.54) is 18.4 Å². The number of aliphatic imine (C=N–C) groups is 1. The SMILES string of the molecule is Clc1ccc(CNC2=NCC(C3CC3)S2)cc1. The lowest BCUT2D eigenvalue weighted by molar-refractivity contribution is 0.772. The Morgan fingerprint density at radius 1 is 1.29 bits per heavy atom. The van der Waals surface area contributed by atoms with E-state index in [-0.39, 0.29) is 0 Å². The highest BCUT2D eigenvalue weighted by atomic mass is 35.5. The maximum absolute atomic E-state index is 5.85. The minimum Gasteiger partial charge on any atom is -0.361 e. The van der Waals surface area contributed by atoms with Gasteiger partial charge in [0.25, 0.3) is 0 Å². The second-order valence-electron chi connectivity index (χ2n) is 4.62. The molecular formula is C13H15ClN2S. The first-order chi connectivity index (χ1) is 8.31. The average Bonchev–Trinajstić information content (AvgIpc) is 3.09. The molecule has 1 aromatic carbocycles. The summed E-state index contributed by atoms with van der Waals surface area (Å²) in [5.41, 5.74) is 1.24. The standard InChI is InChI=1S/C13H15ClN2S/c14-11-5-1-9(2-6-11)7-15-13-16-8-12(17-13)10-3-4-10/h1-2,5-6,10,12H,3-4,7-8H2,(H,15,16). The van der Waals surface area contributed by atoms with Crippen molar-refractivity contribution in [2.24, 2.45) is 10.9 Å². The summed E-state index contributed by atoms with van der Waals surface area (Å²) in [6, 6.07) is 7.95. The second kappa shape index (κ2) is 4.91. The number of benzene rings is 1. The second-order valence-corrected chi connectivity index (χ2v) is 6.28. The fraction of sp³-hybridized carbons (Fsp3) is 0.462. The number of hydrogen-bond acceptors (Lipinski definition) is 3. The first-order valence-corrected chi connectivity index (χ1v) is 7.26. The number of halogens is 1. The third-order valence-corrected chi connectivity index (χ3v) is 4.77. The van der Waals surface area contributed by atoms with E-state index in [1.54, 1.807) is 0 Å². The van der Waals surface area contributed by atoms with Crippen LogP contribution in [0, 0.1) is 5.92 Å². The van der Waals surface area contributed by atoms with Gasteiger partial charge < -0.3 is 5.32 Å². The van der Waals surface area contributed by atoms with Gasteiger partial charge in [0.05, 0.1) is 6.54 Å². The van der Waals surface area contributed by atoms with Gasteiger partial charge >= 0.3 is 0 Å². The molecule has 1 fully saturated rings. The maximum Gasteiger partial charge on any atom is 0.157 e. The molecule has 1 aromatic rings. The zero-order valence-electron chi connectivity index (χ0n) is 9.53. The molecule has 3 rings (SSSR count). The van der Waals surface area contributed by atoms with Gasteiger partial charge in [-0.2, -0.15) is 0 Å². The van der Waals surface area contributed by atoms with Crippen LogP contribution in [0.5, 0.6) is 0 Å². The fourth-order valence-electron chi connectivity index (χ4n) is 1.98. The molecule has 1 unspecified atom stereocenters. The lowest BCUT2D eigenvalue weighted by Crippen LogP contribution is -2.19. The molecule has 1 atom stereocenters. The quantitative estimate of drug-likeness (QED) is 0.908. The van der Waals surface area contributed by atoms with E-state index >= 15 is 0 Å². The normalized spacial score (nSPS) is 23.6. The summed E-state index contributed by atoms with van der Waals surface area (Å²) >= 11 is 7.77. The van der Waals surface area contributed by atoms with E-state index < -0.39 is 0 Å². The first kappa shape index (κ1) is 11.4. The van der Waals surface area contributed by atoms with Crippen LogP contribution < -0.4 is 5.32 Å². The molecule has 1 N–H and O–H groups in total. The van der Waals surface area contributed by atoms with Crippen LogP contribution in [-0.4, -0.2) is 17.0 Å².